The van der Waals surface area contributed by atoms with Crippen molar-refractivity contribution in [3.63, 3.8) is 0 Å². The van der Waals surface area contributed by atoms with E-state index in [2.05, 4.69) is 10.4 Å². The van der Waals surface area contributed by atoms with Gasteiger partial charge in [-0.3, -0.25) is 0 Å². The molecule has 0 saturated carbocycles. The zero-order valence-electron chi connectivity index (χ0n) is 20.2. The minimum Gasteiger partial charge on any atom is -0.493 e. The number of nitrogens with zero attached hydrogens (tertiary/aromatic N) is 2. The highest BCUT2D eigenvalue weighted by Gasteiger charge is 2.49. The molecule has 11 nitrogen and oxygen atoms in total. The van der Waals surface area contributed by atoms with Gasteiger partial charge in [0, 0.05) is 23.2 Å². The van der Waals surface area contributed by atoms with E-state index in [0.29, 0.717) is 40.7 Å². The third-order valence-corrected chi connectivity index (χ3v) is 6.59. The van der Waals surface area contributed by atoms with Crippen molar-refractivity contribution in [1.82, 2.24) is 9.78 Å². The zero-order valence-corrected chi connectivity index (χ0v) is 20.2. The van der Waals surface area contributed by atoms with E-state index in [1.54, 1.807) is 12.1 Å². The van der Waals surface area contributed by atoms with E-state index < -0.39 is 42.4 Å². The molecule has 0 bridgehead atoms. The van der Waals surface area contributed by atoms with E-state index in [9.17, 15) is 24.5 Å². The lowest BCUT2D eigenvalue weighted by atomic mass is 9.98. The average Bonchev–Trinajstić information content (AvgIpc) is 3.42. The lowest BCUT2D eigenvalue weighted by Gasteiger charge is -2.39. The van der Waals surface area contributed by atoms with Crippen molar-refractivity contribution in [2.45, 2.75) is 37.1 Å². The fraction of sp³-hybridized carbons (Fsp3) is 0.360. The van der Waals surface area contributed by atoms with Crippen LogP contribution >= 0.6 is 0 Å². The van der Waals surface area contributed by atoms with E-state index in [1.807, 2.05) is 6.07 Å². The zero-order chi connectivity index (χ0) is 26.4. The van der Waals surface area contributed by atoms with Gasteiger partial charge in [-0.15, -0.1) is 0 Å². The van der Waals surface area contributed by atoms with Gasteiger partial charge in [0.15, 0.2) is 23.8 Å². The molecular formula is C25H26FN3O8. The van der Waals surface area contributed by atoms with Crippen LogP contribution in [-0.4, -0.2) is 76.8 Å². The Bertz CT molecular complexity index is 1350. The van der Waals surface area contributed by atoms with Crippen molar-refractivity contribution in [1.29, 1.82) is 0 Å². The normalized spacial score (nSPS) is 24.2. The van der Waals surface area contributed by atoms with E-state index in [0.717, 1.165) is 18.2 Å². The smallest absolute Gasteiger partial charge is 0.337 e. The van der Waals surface area contributed by atoms with Gasteiger partial charge in [-0.25, -0.2) is 13.9 Å². The summed E-state index contributed by atoms with van der Waals surface area (Å²) in [4.78, 5) is 12.2. The second-order valence-corrected chi connectivity index (χ2v) is 8.74. The number of methoxy groups -OCH3 is 3. The minimum absolute atomic E-state index is 0.339. The van der Waals surface area contributed by atoms with Crippen molar-refractivity contribution >= 4 is 17.5 Å². The molecule has 1 aliphatic heterocycles. The Morgan fingerprint density at radius 3 is 2.49 bits per heavy atom. The summed E-state index contributed by atoms with van der Waals surface area (Å²) >= 11 is 0. The first kappa shape index (κ1) is 25.0. The molecule has 2 aromatic carbocycles. The molecule has 12 heteroatoms. The standard InChI is InChI=1S/C25H26FN3O8/c1-34-16-8-11-7-15-18(14(11)10-17(16)35-2)28-29(23(15)27-13-6-4-5-12(26)9-13)24-21(32)19(30)20(31)22(37-24)25(33)36-3/h4-6,8-10,19-22,24,27,30-32H,7H2,1-3H3/t19-,20-,21+,22-,24+/m0/s1. The lowest BCUT2D eigenvalue weighted by molar-refractivity contribution is -0.249. The number of aliphatic hydroxyl groups excluding tert-OH is 3. The highest BCUT2D eigenvalue weighted by Crippen LogP contribution is 2.46. The molecule has 4 N–H and O–H groups in total. The van der Waals surface area contributed by atoms with Crippen molar-refractivity contribution in [3.8, 4) is 22.8 Å². The Morgan fingerprint density at radius 2 is 1.81 bits per heavy atom. The molecule has 0 spiro atoms. The second-order valence-electron chi connectivity index (χ2n) is 8.74. The van der Waals surface area contributed by atoms with Crippen LogP contribution in [-0.2, 0) is 20.7 Å². The van der Waals surface area contributed by atoms with Gasteiger partial charge < -0.3 is 39.6 Å². The number of aliphatic hydroxyl groups is 3. The van der Waals surface area contributed by atoms with Gasteiger partial charge in [0.25, 0.3) is 0 Å². The first-order chi connectivity index (χ1) is 17.8. The van der Waals surface area contributed by atoms with E-state index >= 15 is 0 Å². The highest BCUT2D eigenvalue weighted by atomic mass is 19.1. The summed E-state index contributed by atoms with van der Waals surface area (Å²) < 4.78 is 36.5. The molecule has 2 aliphatic rings. The van der Waals surface area contributed by atoms with Gasteiger partial charge in [0.2, 0.25) is 0 Å². The number of nitrogens with one attached hydrogen (secondary N) is 1. The number of benzene rings is 2. The molecule has 1 aliphatic carbocycles. The number of aromatic nitrogens is 2. The minimum atomic E-state index is -1.74. The summed E-state index contributed by atoms with van der Waals surface area (Å²) in [6.45, 7) is 0. The number of hydrogen-bond donors (Lipinski definition) is 4. The van der Waals surface area contributed by atoms with Crippen molar-refractivity contribution in [2.75, 3.05) is 26.6 Å². The Morgan fingerprint density at radius 1 is 1.08 bits per heavy atom. The average molecular weight is 515 g/mol. The van der Waals surface area contributed by atoms with Gasteiger partial charge in [0.1, 0.15) is 29.9 Å². The molecule has 2 heterocycles. The Hall–Kier alpha value is -3.71. The summed E-state index contributed by atoms with van der Waals surface area (Å²) in [6, 6.07) is 9.38. The molecule has 1 saturated heterocycles. The molecule has 5 atom stereocenters. The summed E-state index contributed by atoms with van der Waals surface area (Å²) in [5.74, 6) is -0.0239. The molecule has 196 valence electrons. The molecule has 37 heavy (non-hydrogen) atoms. The fourth-order valence-electron chi connectivity index (χ4n) is 4.72. The van der Waals surface area contributed by atoms with E-state index in [-0.39, 0.29) is 0 Å². The molecule has 5 rings (SSSR count). The molecule has 0 amide bonds. The topological polar surface area (TPSA) is 145 Å². The third-order valence-electron chi connectivity index (χ3n) is 6.59. The maximum atomic E-state index is 14.0. The van der Waals surface area contributed by atoms with Crippen LogP contribution in [0.4, 0.5) is 15.9 Å². The molecule has 1 aromatic heterocycles. The number of halogens is 1. The van der Waals surface area contributed by atoms with Crippen LogP contribution in [0.3, 0.4) is 0 Å². The molecule has 3 aromatic rings. The Balaban J connectivity index is 1.64. The van der Waals surface area contributed by atoms with Gasteiger partial charge in [0.05, 0.1) is 27.0 Å². The van der Waals surface area contributed by atoms with Gasteiger partial charge in [-0.2, -0.15) is 5.10 Å². The predicted molar refractivity (Wildman–Crippen MR) is 127 cm³/mol. The highest BCUT2D eigenvalue weighted by molar-refractivity contribution is 5.82. The monoisotopic (exact) mass is 515 g/mol. The largest absolute Gasteiger partial charge is 0.493 e. The fourth-order valence-corrected chi connectivity index (χ4v) is 4.72. The molecular weight excluding hydrogens is 489 g/mol. The number of fused-ring (bicyclic) bond motifs is 3. The maximum Gasteiger partial charge on any atom is 0.337 e. The van der Waals surface area contributed by atoms with Crippen LogP contribution in [0.1, 0.15) is 17.4 Å². The van der Waals surface area contributed by atoms with Crippen LogP contribution in [0, 0.1) is 5.82 Å². The van der Waals surface area contributed by atoms with E-state index in [1.165, 1.54) is 37.1 Å². The number of hydrogen-bond acceptors (Lipinski definition) is 10. The Labute approximate surface area is 211 Å². The molecule has 0 radical (unpaired) electrons. The van der Waals surface area contributed by atoms with Crippen molar-refractivity contribution in [2.24, 2.45) is 0 Å². The van der Waals surface area contributed by atoms with Gasteiger partial charge >= 0.3 is 5.97 Å². The van der Waals surface area contributed by atoms with Gasteiger partial charge in [-0.05, 0) is 35.9 Å². The van der Waals surface area contributed by atoms with Crippen molar-refractivity contribution < 1.29 is 43.5 Å². The summed E-state index contributed by atoms with van der Waals surface area (Å²) in [6.07, 6.45) is -7.69. The van der Waals surface area contributed by atoms with Crippen LogP contribution in [0.5, 0.6) is 11.5 Å². The predicted octanol–water partition coefficient (Wildman–Crippen LogP) is 1.51. The SMILES string of the molecule is COC(=O)[C@H]1O[C@@H](n2nc3c(c2Nc2cccc(F)c2)Cc2cc(OC)c(OC)cc2-3)[C@H](O)[C@@H](O)[C@@H]1O. The maximum absolute atomic E-state index is 14.0. The van der Waals surface area contributed by atoms with Crippen LogP contribution in [0.25, 0.3) is 11.3 Å². The quantitative estimate of drug-likeness (QED) is 0.279. The Kier molecular flexibility index (Phi) is 6.50. The number of carbonyl (C=O) groups is 1. The van der Waals surface area contributed by atoms with Gasteiger partial charge in [-0.1, -0.05) is 6.07 Å². The van der Waals surface area contributed by atoms with E-state index in [4.69, 9.17) is 18.9 Å². The first-order valence-corrected chi connectivity index (χ1v) is 11.4. The number of carbonyl (C=O) groups excluding carboxylic acids is 1. The number of rotatable bonds is 6. The van der Waals surface area contributed by atoms with Crippen LogP contribution in [0.2, 0.25) is 0 Å². The number of esters is 1. The molecule has 1 fully saturated rings. The summed E-state index contributed by atoms with van der Waals surface area (Å²) in [5.41, 5.74) is 3.26. The van der Waals surface area contributed by atoms with Crippen LogP contribution in [0.15, 0.2) is 36.4 Å². The second kappa shape index (κ2) is 9.63. The number of anilines is 2. The number of ether oxygens (including phenoxy) is 4. The van der Waals surface area contributed by atoms with Crippen molar-refractivity contribution in [3.05, 3.63) is 53.3 Å². The van der Waals surface area contributed by atoms with Crippen LogP contribution < -0.4 is 14.8 Å². The summed E-state index contributed by atoms with van der Waals surface area (Å²) in [5, 5.41) is 39.5. The summed E-state index contributed by atoms with van der Waals surface area (Å²) in [7, 11) is 4.17. The lowest BCUT2D eigenvalue weighted by Crippen LogP contribution is -2.58. The third kappa shape index (κ3) is 4.17. The first-order valence-electron chi connectivity index (χ1n) is 11.4. The molecule has 0 unspecified atom stereocenters.